The van der Waals surface area contributed by atoms with Gasteiger partial charge in [0.15, 0.2) is 0 Å². The largest absolute Gasteiger partial charge is 0.335 e. The molecule has 3 nitrogen and oxygen atoms in total. The van der Waals surface area contributed by atoms with E-state index in [1.165, 1.54) is 24.8 Å². The van der Waals surface area contributed by atoms with E-state index >= 15 is 0 Å². The van der Waals surface area contributed by atoms with Crippen LogP contribution in [0.5, 0.6) is 0 Å². The zero-order valence-corrected chi connectivity index (χ0v) is 12.6. The summed E-state index contributed by atoms with van der Waals surface area (Å²) in [4.78, 5) is 12.0. The van der Waals surface area contributed by atoms with Crippen molar-refractivity contribution in [2.45, 2.75) is 64.5 Å². The molecule has 0 bridgehead atoms. The predicted molar refractivity (Wildman–Crippen MR) is 82.8 cm³/mol. The number of hydrogen-bond donors (Lipinski definition) is 2. The minimum absolute atomic E-state index is 0.0380. The molecule has 0 heterocycles. The van der Waals surface area contributed by atoms with E-state index in [2.05, 4.69) is 41.8 Å². The highest BCUT2D eigenvalue weighted by Gasteiger charge is 2.16. The van der Waals surface area contributed by atoms with Crippen LogP contribution in [-0.4, -0.2) is 12.1 Å². The van der Waals surface area contributed by atoms with E-state index in [1.54, 1.807) is 0 Å². The van der Waals surface area contributed by atoms with Crippen molar-refractivity contribution in [3.8, 4) is 0 Å². The summed E-state index contributed by atoms with van der Waals surface area (Å²) in [6.45, 7) is 4.18. The minimum Gasteiger partial charge on any atom is -0.335 e. The summed E-state index contributed by atoms with van der Waals surface area (Å²) < 4.78 is 0. The quantitative estimate of drug-likeness (QED) is 0.858. The summed E-state index contributed by atoms with van der Waals surface area (Å²) in [6, 6.07) is 8.83. The number of benzene rings is 1. The van der Waals surface area contributed by atoms with Crippen molar-refractivity contribution in [3.63, 3.8) is 0 Å². The Morgan fingerprint density at radius 3 is 2.45 bits per heavy atom. The van der Waals surface area contributed by atoms with Crippen LogP contribution in [-0.2, 0) is 6.42 Å². The van der Waals surface area contributed by atoms with Crippen molar-refractivity contribution in [2.75, 3.05) is 0 Å². The first-order valence-electron chi connectivity index (χ1n) is 7.85. The summed E-state index contributed by atoms with van der Waals surface area (Å²) in [5, 5.41) is 6.12. The summed E-state index contributed by atoms with van der Waals surface area (Å²) in [7, 11) is 0. The molecular weight excluding hydrogens is 248 g/mol. The van der Waals surface area contributed by atoms with Crippen LogP contribution in [0.1, 0.15) is 63.1 Å². The van der Waals surface area contributed by atoms with Gasteiger partial charge >= 0.3 is 6.03 Å². The van der Waals surface area contributed by atoms with Gasteiger partial charge in [-0.3, -0.25) is 0 Å². The van der Waals surface area contributed by atoms with E-state index in [4.69, 9.17) is 0 Å². The Morgan fingerprint density at radius 1 is 1.20 bits per heavy atom. The molecule has 0 aliphatic heterocycles. The van der Waals surface area contributed by atoms with Crippen LogP contribution in [0.2, 0.25) is 0 Å². The molecule has 1 aromatic carbocycles. The Bertz CT molecular complexity index is 421. The zero-order valence-electron chi connectivity index (χ0n) is 12.6. The van der Waals surface area contributed by atoms with Gasteiger partial charge in [-0.2, -0.15) is 0 Å². The van der Waals surface area contributed by atoms with E-state index in [1.807, 2.05) is 6.92 Å². The third-order valence-electron chi connectivity index (χ3n) is 4.18. The molecule has 2 amide bonds. The van der Waals surface area contributed by atoms with Crippen LogP contribution in [0, 0.1) is 0 Å². The van der Waals surface area contributed by atoms with Crippen molar-refractivity contribution in [2.24, 2.45) is 0 Å². The van der Waals surface area contributed by atoms with Gasteiger partial charge in [-0.05, 0) is 37.3 Å². The molecule has 0 saturated heterocycles. The maximum absolute atomic E-state index is 12.0. The van der Waals surface area contributed by atoms with E-state index in [0.29, 0.717) is 6.04 Å². The highest BCUT2D eigenvalue weighted by molar-refractivity contribution is 5.74. The zero-order chi connectivity index (χ0) is 14.4. The van der Waals surface area contributed by atoms with Crippen LogP contribution in [0.15, 0.2) is 24.3 Å². The molecule has 2 N–H and O–H groups in total. The molecule has 1 atom stereocenters. The monoisotopic (exact) mass is 274 g/mol. The molecule has 2 rings (SSSR count). The fraction of sp³-hybridized carbons (Fsp3) is 0.588. The molecule has 1 saturated carbocycles. The second-order valence-corrected chi connectivity index (χ2v) is 5.77. The van der Waals surface area contributed by atoms with Gasteiger partial charge in [-0.15, -0.1) is 0 Å². The summed E-state index contributed by atoms with van der Waals surface area (Å²) >= 11 is 0. The third kappa shape index (κ3) is 4.26. The second-order valence-electron chi connectivity index (χ2n) is 5.77. The van der Waals surface area contributed by atoms with Gasteiger partial charge in [0.2, 0.25) is 0 Å². The van der Waals surface area contributed by atoms with E-state index in [-0.39, 0.29) is 12.1 Å². The van der Waals surface area contributed by atoms with Gasteiger partial charge in [0.25, 0.3) is 0 Å². The van der Waals surface area contributed by atoms with Crippen molar-refractivity contribution < 1.29 is 4.79 Å². The molecule has 1 aliphatic carbocycles. The van der Waals surface area contributed by atoms with Gasteiger partial charge in [0.05, 0.1) is 6.04 Å². The molecule has 1 fully saturated rings. The average Bonchev–Trinajstić information content (AvgIpc) is 2.48. The van der Waals surface area contributed by atoms with Crippen LogP contribution < -0.4 is 10.6 Å². The number of carbonyl (C=O) groups is 1. The minimum atomic E-state index is -0.0380. The number of urea groups is 1. The number of aryl methyl sites for hydroxylation is 1. The summed E-state index contributed by atoms with van der Waals surface area (Å²) in [5.41, 5.74) is 2.48. The van der Waals surface area contributed by atoms with Gasteiger partial charge in [-0.1, -0.05) is 50.5 Å². The standard InChI is InChI=1S/C17H26N2O/c1-3-14-9-11-15(12-10-14)13(2)18-17(20)19-16-7-5-4-6-8-16/h9-13,16H,3-8H2,1-2H3,(H2,18,19,20)/t13-/m0/s1. The number of nitrogens with one attached hydrogen (secondary N) is 2. The molecule has 110 valence electrons. The highest BCUT2D eigenvalue weighted by atomic mass is 16.2. The maximum Gasteiger partial charge on any atom is 0.315 e. The molecule has 1 aliphatic rings. The highest BCUT2D eigenvalue weighted by Crippen LogP contribution is 2.18. The molecule has 1 aromatic rings. The average molecular weight is 274 g/mol. The summed E-state index contributed by atoms with van der Waals surface area (Å²) in [6.07, 6.45) is 7.06. The van der Waals surface area contributed by atoms with Gasteiger partial charge in [0, 0.05) is 6.04 Å². The Kier molecular flexibility index (Phi) is 5.45. The van der Waals surface area contributed by atoms with Crippen LogP contribution in [0.25, 0.3) is 0 Å². The van der Waals surface area contributed by atoms with Crippen molar-refractivity contribution in [1.29, 1.82) is 0 Å². The molecule has 0 spiro atoms. The molecule has 0 aromatic heterocycles. The predicted octanol–water partition coefficient (Wildman–Crippen LogP) is 3.94. The number of carbonyl (C=O) groups excluding carboxylic acids is 1. The van der Waals surface area contributed by atoms with E-state index < -0.39 is 0 Å². The topological polar surface area (TPSA) is 41.1 Å². The fourth-order valence-corrected chi connectivity index (χ4v) is 2.80. The first-order valence-corrected chi connectivity index (χ1v) is 7.85. The lowest BCUT2D eigenvalue weighted by molar-refractivity contribution is 0.229. The Hall–Kier alpha value is -1.51. The second kappa shape index (κ2) is 7.32. The fourth-order valence-electron chi connectivity index (χ4n) is 2.80. The van der Waals surface area contributed by atoms with Crippen molar-refractivity contribution in [3.05, 3.63) is 35.4 Å². The lowest BCUT2D eigenvalue weighted by Gasteiger charge is -2.24. The summed E-state index contributed by atoms with van der Waals surface area (Å²) in [5.74, 6) is 0. The lowest BCUT2D eigenvalue weighted by atomic mass is 9.96. The Morgan fingerprint density at radius 2 is 1.85 bits per heavy atom. The SMILES string of the molecule is CCc1ccc([C@H](C)NC(=O)NC2CCCCC2)cc1. The first kappa shape index (κ1) is 14.9. The molecular formula is C17H26N2O. The van der Waals surface area contributed by atoms with E-state index in [0.717, 1.165) is 24.8 Å². The Labute approximate surface area is 122 Å². The van der Waals surface area contributed by atoms with E-state index in [9.17, 15) is 4.79 Å². The normalized spacial score (nSPS) is 17.5. The molecule has 0 radical (unpaired) electrons. The number of hydrogen-bond acceptors (Lipinski definition) is 1. The van der Waals surface area contributed by atoms with Gasteiger partial charge in [-0.25, -0.2) is 4.79 Å². The van der Waals surface area contributed by atoms with Crippen LogP contribution in [0.3, 0.4) is 0 Å². The molecule has 3 heteroatoms. The number of amides is 2. The van der Waals surface area contributed by atoms with Crippen molar-refractivity contribution >= 4 is 6.03 Å². The first-order chi connectivity index (χ1) is 9.69. The van der Waals surface area contributed by atoms with Crippen LogP contribution >= 0.6 is 0 Å². The lowest BCUT2D eigenvalue weighted by Crippen LogP contribution is -2.43. The number of rotatable bonds is 4. The van der Waals surface area contributed by atoms with Crippen molar-refractivity contribution in [1.82, 2.24) is 10.6 Å². The van der Waals surface area contributed by atoms with Gasteiger partial charge < -0.3 is 10.6 Å². The van der Waals surface area contributed by atoms with Gasteiger partial charge in [0.1, 0.15) is 0 Å². The molecule has 20 heavy (non-hydrogen) atoms. The maximum atomic E-state index is 12.0. The van der Waals surface area contributed by atoms with Crippen LogP contribution in [0.4, 0.5) is 4.79 Å². The third-order valence-corrected chi connectivity index (χ3v) is 4.18. The Balaban J connectivity index is 1.82. The smallest absolute Gasteiger partial charge is 0.315 e. The molecule has 0 unspecified atom stereocenters.